The number of rotatable bonds is 2. The molecule has 2 aliphatic rings. The van der Waals surface area contributed by atoms with Crippen LogP contribution in [0.1, 0.15) is 46.0 Å². The van der Waals surface area contributed by atoms with Gasteiger partial charge in [-0.05, 0) is 38.0 Å². The molecule has 1 nitrogen and oxygen atoms in total. The van der Waals surface area contributed by atoms with Crippen molar-refractivity contribution in [2.45, 2.75) is 58.0 Å². The maximum Gasteiger partial charge on any atom is 0.0107 e. The van der Waals surface area contributed by atoms with Gasteiger partial charge in [0.05, 0.1) is 0 Å². The Bertz CT molecular complexity index is 191. The lowest BCUT2D eigenvalue weighted by molar-refractivity contribution is 0.471. The van der Waals surface area contributed by atoms with Gasteiger partial charge in [-0.1, -0.05) is 25.5 Å². The van der Waals surface area contributed by atoms with Gasteiger partial charge in [0.2, 0.25) is 0 Å². The number of fused-ring (bicyclic) bond motifs is 2. The molecular formula is C12H21N. The van der Waals surface area contributed by atoms with Crippen molar-refractivity contribution in [1.82, 2.24) is 5.32 Å². The zero-order valence-corrected chi connectivity index (χ0v) is 8.84. The van der Waals surface area contributed by atoms with Gasteiger partial charge in [-0.2, -0.15) is 0 Å². The minimum absolute atomic E-state index is 0.817. The second kappa shape index (κ2) is 3.83. The number of nitrogens with one attached hydrogen (secondary N) is 1. The third-order valence-corrected chi connectivity index (χ3v) is 3.23. The van der Waals surface area contributed by atoms with Crippen molar-refractivity contribution in [1.29, 1.82) is 0 Å². The molecule has 2 aliphatic heterocycles. The third kappa shape index (κ3) is 2.34. The van der Waals surface area contributed by atoms with E-state index in [4.69, 9.17) is 0 Å². The first kappa shape index (κ1) is 9.26. The minimum atomic E-state index is 0.817. The average Bonchev–Trinajstić information content (AvgIpc) is 2.42. The standard InChI is InChI=1S/C12H21N/c1-9(2)3-4-10-7-11-5-6-12(8-10)13-11/h4,9,11-13H,3,5-8H2,1-2H3. The lowest BCUT2D eigenvalue weighted by atomic mass is 9.96. The first-order valence-corrected chi connectivity index (χ1v) is 5.68. The molecule has 0 saturated carbocycles. The Hall–Kier alpha value is -0.300. The molecule has 2 unspecified atom stereocenters. The summed E-state index contributed by atoms with van der Waals surface area (Å²) in [5, 5.41) is 3.67. The quantitative estimate of drug-likeness (QED) is 0.643. The molecule has 0 spiro atoms. The highest BCUT2D eigenvalue weighted by molar-refractivity contribution is 5.13. The monoisotopic (exact) mass is 179 g/mol. The molecule has 2 atom stereocenters. The van der Waals surface area contributed by atoms with Gasteiger partial charge in [0.15, 0.2) is 0 Å². The average molecular weight is 179 g/mol. The fourth-order valence-electron chi connectivity index (χ4n) is 2.51. The van der Waals surface area contributed by atoms with Crippen LogP contribution in [0.5, 0.6) is 0 Å². The summed E-state index contributed by atoms with van der Waals surface area (Å²) in [5.41, 5.74) is 1.72. The molecule has 1 heteroatoms. The fourth-order valence-corrected chi connectivity index (χ4v) is 2.51. The highest BCUT2D eigenvalue weighted by atomic mass is 15.0. The molecule has 0 aromatic rings. The molecule has 2 saturated heterocycles. The van der Waals surface area contributed by atoms with Crippen molar-refractivity contribution >= 4 is 0 Å². The van der Waals surface area contributed by atoms with E-state index in [2.05, 4.69) is 25.2 Å². The zero-order valence-electron chi connectivity index (χ0n) is 8.84. The topological polar surface area (TPSA) is 12.0 Å². The Labute approximate surface area is 81.6 Å². The maximum absolute atomic E-state index is 3.67. The number of allylic oxidation sites excluding steroid dienone is 1. The van der Waals surface area contributed by atoms with Gasteiger partial charge in [0, 0.05) is 12.1 Å². The first-order chi connectivity index (χ1) is 6.24. The van der Waals surface area contributed by atoms with Gasteiger partial charge in [-0.15, -0.1) is 0 Å². The maximum atomic E-state index is 3.67. The summed E-state index contributed by atoms with van der Waals surface area (Å²) in [7, 11) is 0. The van der Waals surface area contributed by atoms with Crippen LogP contribution in [0.4, 0.5) is 0 Å². The second-order valence-electron chi connectivity index (χ2n) is 5.04. The van der Waals surface area contributed by atoms with Crippen molar-refractivity contribution in [3.05, 3.63) is 11.6 Å². The van der Waals surface area contributed by atoms with Gasteiger partial charge < -0.3 is 5.32 Å². The van der Waals surface area contributed by atoms with Crippen molar-refractivity contribution in [3.8, 4) is 0 Å². The van der Waals surface area contributed by atoms with E-state index in [1.54, 1.807) is 5.57 Å². The molecule has 0 radical (unpaired) electrons. The summed E-state index contributed by atoms with van der Waals surface area (Å²) in [4.78, 5) is 0. The molecule has 2 fully saturated rings. The van der Waals surface area contributed by atoms with E-state index in [0.717, 1.165) is 18.0 Å². The Morgan fingerprint density at radius 1 is 1.31 bits per heavy atom. The van der Waals surface area contributed by atoms with Gasteiger partial charge in [0.25, 0.3) is 0 Å². The normalized spacial score (nSPS) is 32.7. The van der Waals surface area contributed by atoms with Gasteiger partial charge in [-0.3, -0.25) is 0 Å². The van der Waals surface area contributed by atoms with E-state index in [0.29, 0.717) is 0 Å². The van der Waals surface area contributed by atoms with Crippen LogP contribution in [-0.2, 0) is 0 Å². The van der Waals surface area contributed by atoms with E-state index < -0.39 is 0 Å². The summed E-state index contributed by atoms with van der Waals surface area (Å²) in [6.07, 6.45) is 9.23. The van der Waals surface area contributed by atoms with E-state index >= 15 is 0 Å². The molecule has 2 rings (SSSR count). The van der Waals surface area contributed by atoms with Gasteiger partial charge >= 0.3 is 0 Å². The Kier molecular flexibility index (Phi) is 2.73. The summed E-state index contributed by atoms with van der Waals surface area (Å²) in [6, 6.07) is 1.63. The predicted octanol–water partition coefficient (Wildman–Crippen LogP) is 2.87. The van der Waals surface area contributed by atoms with Crippen LogP contribution in [0.15, 0.2) is 11.6 Å². The molecule has 2 bridgehead atoms. The summed E-state index contributed by atoms with van der Waals surface area (Å²) in [5.74, 6) is 0.819. The van der Waals surface area contributed by atoms with Gasteiger partial charge in [-0.25, -0.2) is 0 Å². The predicted molar refractivity (Wildman–Crippen MR) is 56.7 cm³/mol. The van der Waals surface area contributed by atoms with Crippen LogP contribution in [0.2, 0.25) is 0 Å². The van der Waals surface area contributed by atoms with Crippen LogP contribution < -0.4 is 5.32 Å². The van der Waals surface area contributed by atoms with Crippen molar-refractivity contribution < 1.29 is 0 Å². The highest BCUT2D eigenvalue weighted by Gasteiger charge is 2.29. The van der Waals surface area contributed by atoms with Gasteiger partial charge in [0.1, 0.15) is 0 Å². The van der Waals surface area contributed by atoms with Crippen LogP contribution in [0.3, 0.4) is 0 Å². The fraction of sp³-hybridized carbons (Fsp3) is 0.833. The Balaban J connectivity index is 1.91. The second-order valence-corrected chi connectivity index (χ2v) is 5.04. The van der Waals surface area contributed by atoms with E-state index in [9.17, 15) is 0 Å². The minimum Gasteiger partial charge on any atom is -0.311 e. The number of hydrogen-bond donors (Lipinski definition) is 1. The smallest absolute Gasteiger partial charge is 0.0107 e. The van der Waals surface area contributed by atoms with Crippen molar-refractivity contribution in [2.75, 3.05) is 0 Å². The molecule has 0 aliphatic carbocycles. The van der Waals surface area contributed by atoms with Crippen LogP contribution in [0, 0.1) is 5.92 Å². The van der Waals surface area contributed by atoms with Crippen LogP contribution in [-0.4, -0.2) is 12.1 Å². The molecule has 1 N–H and O–H groups in total. The third-order valence-electron chi connectivity index (χ3n) is 3.23. The van der Waals surface area contributed by atoms with E-state index in [1.165, 1.54) is 32.1 Å². The number of hydrogen-bond acceptors (Lipinski definition) is 1. The Morgan fingerprint density at radius 3 is 2.46 bits per heavy atom. The summed E-state index contributed by atoms with van der Waals surface area (Å²) in [6.45, 7) is 4.60. The lowest BCUT2D eigenvalue weighted by Crippen LogP contribution is -2.34. The Morgan fingerprint density at radius 2 is 1.92 bits per heavy atom. The molecule has 2 heterocycles. The van der Waals surface area contributed by atoms with Crippen molar-refractivity contribution in [3.63, 3.8) is 0 Å². The van der Waals surface area contributed by atoms with E-state index in [-0.39, 0.29) is 0 Å². The number of piperidine rings is 1. The summed E-state index contributed by atoms with van der Waals surface area (Å²) >= 11 is 0. The van der Waals surface area contributed by atoms with E-state index in [1.807, 2.05) is 0 Å². The largest absolute Gasteiger partial charge is 0.311 e. The molecule has 0 aromatic heterocycles. The molecule has 0 aromatic carbocycles. The molecule has 74 valence electrons. The molecule has 13 heavy (non-hydrogen) atoms. The molecule has 0 amide bonds. The lowest BCUT2D eigenvalue weighted by Gasteiger charge is -2.23. The summed E-state index contributed by atoms with van der Waals surface area (Å²) < 4.78 is 0. The highest BCUT2D eigenvalue weighted by Crippen LogP contribution is 2.30. The van der Waals surface area contributed by atoms with Crippen molar-refractivity contribution in [2.24, 2.45) is 5.92 Å². The first-order valence-electron chi connectivity index (χ1n) is 5.68. The molecular weight excluding hydrogens is 158 g/mol. The SMILES string of the molecule is CC(C)CC=C1CC2CCC(C1)N2. The zero-order chi connectivity index (χ0) is 9.26. The van der Waals surface area contributed by atoms with Crippen LogP contribution in [0.25, 0.3) is 0 Å². The van der Waals surface area contributed by atoms with Crippen LogP contribution >= 0.6 is 0 Å².